The summed E-state index contributed by atoms with van der Waals surface area (Å²) in [4.78, 5) is 13.7. The van der Waals surface area contributed by atoms with Gasteiger partial charge in [0.05, 0.1) is 12.5 Å². The molecule has 1 saturated heterocycles. The minimum Gasteiger partial charge on any atom is -0.303 e. The SMILES string of the molecule is CCCN1CCC(C(=O)CC#N)C1. The van der Waals surface area contributed by atoms with Gasteiger partial charge in [0.1, 0.15) is 0 Å². The van der Waals surface area contributed by atoms with E-state index in [9.17, 15) is 4.79 Å². The number of ketones is 1. The molecule has 72 valence electrons. The first kappa shape index (κ1) is 10.2. The van der Waals surface area contributed by atoms with Gasteiger partial charge in [-0.15, -0.1) is 0 Å². The Hall–Kier alpha value is -0.880. The topological polar surface area (TPSA) is 44.1 Å². The Labute approximate surface area is 79.3 Å². The van der Waals surface area contributed by atoms with Crippen LogP contribution in [0.4, 0.5) is 0 Å². The first-order valence-electron chi connectivity index (χ1n) is 4.90. The van der Waals surface area contributed by atoms with Gasteiger partial charge in [0.15, 0.2) is 5.78 Å². The Morgan fingerprint density at radius 3 is 3.08 bits per heavy atom. The van der Waals surface area contributed by atoms with E-state index in [2.05, 4.69) is 11.8 Å². The minimum atomic E-state index is 0.0879. The number of carbonyl (C=O) groups excluding carboxylic acids is 1. The Morgan fingerprint density at radius 2 is 2.46 bits per heavy atom. The number of nitrogens with zero attached hydrogens (tertiary/aromatic N) is 2. The number of hydrogen-bond donors (Lipinski definition) is 0. The summed E-state index contributed by atoms with van der Waals surface area (Å²) in [5.41, 5.74) is 0. The molecule has 3 nitrogen and oxygen atoms in total. The molecule has 0 radical (unpaired) electrons. The molecule has 0 aliphatic carbocycles. The maximum atomic E-state index is 11.3. The first-order valence-corrected chi connectivity index (χ1v) is 4.90. The van der Waals surface area contributed by atoms with E-state index in [-0.39, 0.29) is 18.1 Å². The molecular weight excluding hydrogens is 164 g/mol. The van der Waals surface area contributed by atoms with Crippen molar-refractivity contribution in [3.63, 3.8) is 0 Å². The van der Waals surface area contributed by atoms with Crippen LogP contribution in [-0.2, 0) is 4.79 Å². The van der Waals surface area contributed by atoms with Crippen LogP contribution in [0.3, 0.4) is 0 Å². The first-order chi connectivity index (χ1) is 6.27. The van der Waals surface area contributed by atoms with Gasteiger partial charge in [0.25, 0.3) is 0 Å². The number of nitriles is 1. The van der Waals surface area contributed by atoms with E-state index in [4.69, 9.17) is 5.26 Å². The molecule has 3 heteroatoms. The van der Waals surface area contributed by atoms with Crippen LogP contribution >= 0.6 is 0 Å². The largest absolute Gasteiger partial charge is 0.303 e. The molecule has 1 aliphatic heterocycles. The molecule has 0 aromatic heterocycles. The standard InChI is InChI=1S/C10H16N2O/c1-2-6-12-7-4-9(8-12)10(13)3-5-11/h9H,2-4,6-8H2,1H3. The lowest BCUT2D eigenvalue weighted by atomic mass is 10.0. The van der Waals surface area contributed by atoms with E-state index in [0.29, 0.717) is 0 Å². The smallest absolute Gasteiger partial charge is 0.151 e. The van der Waals surface area contributed by atoms with Crippen molar-refractivity contribution in [2.24, 2.45) is 5.92 Å². The molecule has 0 amide bonds. The third-order valence-corrected chi connectivity index (χ3v) is 2.52. The predicted octanol–water partition coefficient (Wildman–Crippen LogP) is 1.20. The van der Waals surface area contributed by atoms with Crippen molar-refractivity contribution in [2.75, 3.05) is 19.6 Å². The number of hydrogen-bond acceptors (Lipinski definition) is 3. The van der Waals surface area contributed by atoms with Gasteiger partial charge in [0.2, 0.25) is 0 Å². The number of likely N-dealkylation sites (tertiary alicyclic amines) is 1. The van der Waals surface area contributed by atoms with Crippen molar-refractivity contribution in [1.29, 1.82) is 5.26 Å². The van der Waals surface area contributed by atoms with Crippen molar-refractivity contribution >= 4 is 5.78 Å². The quantitative estimate of drug-likeness (QED) is 0.653. The molecule has 1 unspecified atom stereocenters. The van der Waals surface area contributed by atoms with Crippen molar-refractivity contribution < 1.29 is 4.79 Å². The summed E-state index contributed by atoms with van der Waals surface area (Å²) in [6.45, 7) is 5.12. The van der Waals surface area contributed by atoms with Crippen LogP contribution < -0.4 is 0 Å². The molecule has 0 aromatic carbocycles. The molecule has 1 fully saturated rings. The normalized spacial score (nSPS) is 22.9. The lowest BCUT2D eigenvalue weighted by molar-refractivity contribution is -0.121. The average molecular weight is 180 g/mol. The molecule has 13 heavy (non-hydrogen) atoms. The summed E-state index contributed by atoms with van der Waals surface area (Å²) in [7, 11) is 0. The van der Waals surface area contributed by atoms with Gasteiger partial charge in [-0.05, 0) is 25.9 Å². The zero-order chi connectivity index (χ0) is 9.68. The van der Waals surface area contributed by atoms with Crippen LogP contribution in [0.25, 0.3) is 0 Å². The highest BCUT2D eigenvalue weighted by Gasteiger charge is 2.26. The zero-order valence-electron chi connectivity index (χ0n) is 8.12. The van der Waals surface area contributed by atoms with Crippen molar-refractivity contribution in [3.8, 4) is 6.07 Å². The highest BCUT2D eigenvalue weighted by molar-refractivity contribution is 5.83. The molecule has 1 aliphatic rings. The lowest BCUT2D eigenvalue weighted by Crippen LogP contribution is -2.23. The Balaban J connectivity index is 2.32. The van der Waals surface area contributed by atoms with Crippen molar-refractivity contribution in [1.82, 2.24) is 4.90 Å². The fourth-order valence-electron chi connectivity index (χ4n) is 1.84. The second kappa shape index (κ2) is 4.98. The fraction of sp³-hybridized carbons (Fsp3) is 0.800. The molecular formula is C10H16N2O. The second-order valence-corrected chi connectivity index (χ2v) is 3.59. The van der Waals surface area contributed by atoms with E-state index in [1.165, 1.54) is 0 Å². The summed E-state index contributed by atoms with van der Waals surface area (Å²) in [5.74, 6) is 0.257. The van der Waals surface area contributed by atoms with E-state index in [1.54, 1.807) is 0 Å². The molecule has 0 saturated carbocycles. The summed E-state index contributed by atoms with van der Waals surface area (Å²) in [5, 5.41) is 8.38. The van der Waals surface area contributed by atoms with Gasteiger partial charge in [-0.3, -0.25) is 4.79 Å². The van der Waals surface area contributed by atoms with Crippen LogP contribution in [0.15, 0.2) is 0 Å². The Morgan fingerprint density at radius 1 is 1.69 bits per heavy atom. The van der Waals surface area contributed by atoms with Gasteiger partial charge in [-0.1, -0.05) is 6.92 Å². The maximum absolute atomic E-state index is 11.3. The summed E-state index contributed by atoms with van der Waals surface area (Å²) in [6.07, 6.45) is 2.17. The third kappa shape index (κ3) is 2.82. The van der Waals surface area contributed by atoms with E-state index in [1.807, 2.05) is 6.07 Å². The molecule has 0 spiro atoms. The monoisotopic (exact) mass is 180 g/mol. The molecule has 0 bridgehead atoms. The number of carbonyl (C=O) groups is 1. The van der Waals surface area contributed by atoms with E-state index < -0.39 is 0 Å². The van der Waals surface area contributed by atoms with Gasteiger partial charge >= 0.3 is 0 Å². The van der Waals surface area contributed by atoms with Crippen LogP contribution in [0.2, 0.25) is 0 Å². The van der Waals surface area contributed by atoms with Gasteiger partial charge in [-0.2, -0.15) is 5.26 Å². The van der Waals surface area contributed by atoms with Crippen LogP contribution in [0.5, 0.6) is 0 Å². The Bertz CT molecular complexity index is 219. The van der Waals surface area contributed by atoms with Crippen LogP contribution in [0.1, 0.15) is 26.2 Å². The van der Waals surface area contributed by atoms with Crippen molar-refractivity contribution in [2.45, 2.75) is 26.2 Å². The Kier molecular flexibility index (Phi) is 3.91. The molecule has 0 N–H and O–H groups in total. The molecule has 1 rings (SSSR count). The summed E-state index contributed by atoms with van der Waals surface area (Å²) < 4.78 is 0. The number of rotatable bonds is 4. The number of Topliss-reactive ketones (excluding diaryl/α,β-unsaturated/α-hetero) is 1. The summed E-state index contributed by atoms with van der Waals surface area (Å²) >= 11 is 0. The third-order valence-electron chi connectivity index (χ3n) is 2.52. The highest BCUT2D eigenvalue weighted by atomic mass is 16.1. The van der Waals surface area contributed by atoms with Gasteiger partial charge in [0, 0.05) is 12.5 Å². The highest BCUT2D eigenvalue weighted by Crippen LogP contribution is 2.18. The lowest BCUT2D eigenvalue weighted by Gasteiger charge is -2.13. The van der Waals surface area contributed by atoms with Crippen LogP contribution in [-0.4, -0.2) is 30.3 Å². The zero-order valence-corrected chi connectivity index (χ0v) is 8.12. The van der Waals surface area contributed by atoms with Crippen LogP contribution in [0, 0.1) is 17.2 Å². The van der Waals surface area contributed by atoms with Gasteiger partial charge < -0.3 is 4.90 Å². The molecule has 1 atom stereocenters. The summed E-state index contributed by atoms with van der Waals surface area (Å²) in [6, 6.07) is 1.92. The van der Waals surface area contributed by atoms with E-state index in [0.717, 1.165) is 32.5 Å². The van der Waals surface area contributed by atoms with E-state index >= 15 is 0 Å². The fourth-order valence-corrected chi connectivity index (χ4v) is 1.84. The minimum absolute atomic E-state index is 0.0879. The second-order valence-electron chi connectivity index (χ2n) is 3.59. The maximum Gasteiger partial charge on any atom is 0.151 e. The average Bonchev–Trinajstić information content (AvgIpc) is 2.54. The molecule has 1 heterocycles. The predicted molar refractivity (Wildman–Crippen MR) is 50.1 cm³/mol. The van der Waals surface area contributed by atoms with Crippen molar-refractivity contribution in [3.05, 3.63) is 0 Å². The van der Waals surface area contributed by atoms with Gasteiger partial charge in [-0.25, -0.2) is 0 Å². The molecule has 0 aromatic rings.